The smallest absolute Gasteiger partial charge is 0.303 e. The van der Waals surface area contributed by atoms with Crippen molar-refractivity contribution >= 4 is 5.97 Å². The minimum atomic E-state index is -0.653. The van der Waals surface area contributed by atoms with Crippen LogP contribution in [0.25, 0.3) is 0 Å². The van der Waals surface area contributed by atoms with Crippen LogP contribution in [0.3, 0.4) is 0 Å². The van der Waals surface area contributed by atoms with E-state index in [1.54, 1.807) is 0 Å². The van der Waals surface area contributed by atoms with Gasteiger partial charge in [-0.1, -0.05) is 104 Å². The van der Waals surface area contributed by atoms with Crippen LogP contribution in [-0.4, -0.2) is 35.6 Å². The lowest BCUT2D eigenvalue weighted by molar-refractivity contribution is -0.137. The third-order valence-corrected chi connectivity index (χ3v) is 5.77. The molecule has 28 heavy (non-hydrogen) atoms. The van der Waals surface area contributed by atoms with Crippen molar-refractivity contribution in [1.82, 2.24) is 4.90 Å². The van der Waals surface area contributed by atoms with Crippen molar-refractivity contribution in [2.24, 2.45) is 0 Å². The van der Waals surface area contributed by atoms with Gasteiger partial charge in [-0.2, -0.15) is 0 Å². The van der Waals surface area contributed by atoms with E-state index in [0.717, 1.165) is 12.8 Å². The largest absolute Gasteiger partial charge is 0.481 e. The summed E-state index contributed by atoms with van der Waals surface area (Å²) in [5.41, 5.74) is 0. The molecule has 0 aromatic rings. The predicted octanol–water partition coefficient (Wildman–Crippen LogP) is 7.82. The van der Waals surface area contributed by atoms with Crippen molar-refractivity contribution < 1.29 is 9.90 Å². The van der Waals surface area contributed by atoms with E-state index >= 15 is 0 Å². The first-order chi connectivity index (χ1) is 13.7. The lowest BCUT2D eigenvalue weighted by Crippen LogP contribution is -2.27. The molecule has 0 radical (unpaired) electrons. The van der Waals surface area contributed by atoms with E-state index in [-0.39, 0.29) is 0 Å². The molecule has 0 spiro atoms. The van der Waals surface area contributed by atoms with Crippen molar-refractivity contribution in [3.8, 4) is 0 Å². The van der Waals surface area contributed by atoms with Crippen molar-refractivity contribution in [3.63, 3.8) is 0 Å². The summed E-state index contributed by atoms with van der Waals surface area (Å²) < 4.78 is 0. The number of hydrogen-bond acceptors (Lipinski definition) is 2. The topological polar surface area (TPSA) is 40.5 Å². The highest BCUT2D eigenvalue weighted by Crippen LogP contribution is 2.11. The Kier molecular flexibility index (Phi) is 22.3. The number of unbranched alkanes of at least 4 members (excludes halogenated alkanes) is 15. The first-order valence-electron chi connectivity index (χ1n) is 12.6. The third kappa shape index (κ3) is 21.7. The van der Waals surface area contributed by atoms with E-state index in [4.69, 9.17) is 5.11 Å². The molecule has 3 nitrogen and oxygen atoms in total. The van der Waals surface area contributed by atoms with Gasteiger partial charge in [0.1, 0.15) is 0 Å². The van der Waals surface area contributed by atoms with Crippen LogP contribution in [0.1, 0.15) is 136 Å². The summed E-state index contributed by atoms with van der Waals surface area (Å²) in [5, 5.41) is 8.67. The van der Waals surface area contributed by atoms with E-state index in [1.165, 1.54) is 122 Å². The van der Waals surface area contributed by atoms with Crippen molar-refractivity contribution in [2.45, 2.75) is 136 Å². The van der Waals surface area contributed by atoms with E-state index < -0.39 is 5.97 Å². The van der Waals surface area contributed by atoms with Crippen LogP contribution in [0.5, 0.6) is 0 Å². The third-order valence-electron chi connectivity index (χ3n) is 5.77. The van der Waals surface area contributed by atoms with Gasteiger partial charge in [-0.15, -0.1) is 0 Å². The van der Waals surface area contributed by atoms with Crippen molar-refractivity contribution in [1.29, 1.82) is 0 Å². The Morgan fingerprint density at radius 1 is 0.536 bits per heavy atom. The molecule has 0 aliphatic rings. The number of carboxylic acid groups (broad SMARTS) is 1. The maximum atomic E-state index is 10.5. The first kappa shape index (κ1) is 27.4. The van der Waals surface area contributed by atoms with Gasteiger partial charge in [0.15, 0.2) is 0 Å². The molecule has 0 fully saturated rings. The zero-order valence-electron chi connectivity index (χ0n) is 19.4. The minimum absolute atomic E-state index is 0.338. The van der Waals surface area contributed by atoms with Gasteiger partial charge in [0, 0.05) is 6.42 Å². The summed E-state index contributed by atoms with van der Waals surface area (Å²) in [7, 11) is 0. The van der Waals surface area contributed by atoms with Crippen molar-refractivity contribution in [3.05, 3.63) is 0 Å². The fourth-order valence-electron chi connectivity index (χ4n) is 3.89. The van der Waals surface area contributed by atoms with Gasteiger partial charge in [-0.3, -0.25) is 4.79 Å². The molecule has 0 atom stereocenters. The fourth-order valence-corrected chi connectivity index (χ4v) is 3.89. The number of hydrogen-bond donors (Lipinski definition) is 1. The first-order valence-corrected chi connectivity index (χ1v) is 12.6. The Balaban J connectivity index is 3.80. The Labute approximate surface area is 176 Å². The average molecular weight is 398 g/mol. The molecule has 0 unspecified atom stereocenters. The van der Waals surface area contributed by atoms with Gasteiger partial charge in [0.05, 0.1) is 0 Å². The molecular formula is C25H51NO2. The second-order valence-corrected chi connectivity index (χ2v) is 8.64. The van der Waals surface area contributed by atoms with E-state index in [0.29, 0.717) is 6.42 Å². The molecule has 0 bridgehead atoms. The Hall–Kier alpha value is -0.570. The zero-order valence-corrected chi connectivity index (χ0v) is 19.4. The second-order valence-electron chi connectivity index (χ2n) is 8.64. The van der Waals surface area contributed by atoms with Gasteiger partial charge >= 0.3 is 5.97 Å². The minimum Gasteiger partial charge on any atom is -0.481 e. The highest BCUT2D eigenvalue weighted by atomic mass is 16.4. The van der Waals surface area contributed by atoms with Gasteiger partial charge in [0.25, 0.3) is 0 Å². The van der Waals surface area contributed by atoms with Gasteiger partial charge in [0.2, 0.25) is 0 Å². The number of carboxylic acids is 1. The maximum absolute atomic E-state index is 10.5. The molecule has 168 valence electrons. The summed E-state index contributed by atoms with van der Waals surface area (Å²) >= 11 is 0. The molecule has 0 saturated heterocycles. The molecule has 0 amide bonds. The maximum Gasteiger partial charge on any atom is 0.303 e. The van der Waals surface area contributed by atoms with Crippen LogP contribution in [0.15, 0.2) is 0 Å². The van der Waals surface area contributed by atoms with Crippen LogP contribution < -0.4 is 0 Å². The number of aliphatic carboxylic acids is 1. The molecule has 0 heterocycles. The van der Waals surface area contributed by atoms with E-state index in [2.05, 4.69) is 18.7 Å². The monoisotopic (exact) mass is 397 g/mol. The average Bonchev–Trinajstić information content (AvgIpc) is 2.68. The summed E-state index contributed by atoms with van der Waals surface area (Å²) in [4.78, 5) is 13.2. The van der Waals surface area contributed by atoms with Crippen LogP contribution in [0, 0.1) is 0 Å². The molecule has 0 rings (SSSR count). The number of carbonyl (C=O) groups is 1. The van der Waals surface area contributed by atoms with Gasteiger partial charge in [-0.05, 0) is 45.3 Å². The molecule has 0 aromatic carbocycles. The lowest BCUT2D eigenvalue weighted by atomic mass is 10.1. The van der Waals surface area contributed by atoms with Gasteiger partial charge in [-0.25, -0.2) is 0 Å². The molecule has 0 aromatic heterocycles. The van der Waals surface area contributed by atoms with Crippen LogP contribution in [-0.2, 0) is 4.79 Å². The fraction of sp³-hybridized carbons (Fsp3) is 0.960. The van der Waals surface area contributed by atoms with Crippen LogP contribution >= 0.6 is 0 Å². The Bertz CT molecular complexity index is 304. The summed E-state index contributed by atoms with van der Waals surface area (Å²) in [6.45, 7) is 8.42. The summed E-state index contributed by atoms with van der Waals surface area (Å²) in [6, 6.07) is 0. The van der Waals surface area contributed by atoms with Crippen LogP contribution in [0.2, 0.25) is 0 Å². The van der Waals surface area contributed by atoms with E-state index in [1.807, 2.05) is 0 Å². The lowest BCUT2D eigenvalue weighted by Gasteiger charge is -2.22. The molecule has 0 aliphatic carbocycles. The van der Waals surface area contributed by atoms with Gasteiger partial charge < -0.3 is 10.0 Å². The quantitative estimate of drug-likeness (QED) is 0.179. The molecular weight excluding hydrogens is 346 g/mol. The van der Waals surface area contributed by atoms with Crippen LogP contribution in [0.4, 0.5) is 0 Å². The molecule has 1 N–H and O–H groups in total. The summed E-state index contributed by atoms with van der Waals surface area (Å²) in [5.74, 6) is -0.653. The summed E-state index contributed by atoms with van der Waals surface area (Å²) in [6.07, 6.45) is 24.0. The highest BCUT2D eigenvalue weighted by Gasteiger charge is 2.05. The molecule has 0 aliphatic heterocycles. The van der Waals surface area contributed by atoms with Crippen molar-refractivity contribution in [2.75, 3.05) is 19.6 Å². The Morgan fingerprint density at radius 2 is 0.857 bits per heavy atom. The standard InChI is InChI=1S/C25H51NO2/c1-3-5-7-9-14-18-22-26(23-19-15-10-8-6-4-2)24-20-16-12-11-13-17-21-25(27)28/h3-24H2,1-2H3,(H,27,28). The molecule has 0 saturated carbocycles. The second kappa shape index (κ2) is 22.7. The normalized spacial score (nSPS) is 11.4. The SMILES string of the molecule is CCCCCCCCN(CCCCCCCC)CCCCCCCCC(=O)O. The highest BCUT2D eigenvalue weighted by molar-refractivity contribution is 5.66. The number of rotatable bonds is 23. The van der Waals surface area contributed by atoms with E-state index in [9.17, 15) is 4.79 Å². The molecule has 3 heteroatoms. The predicted molar refractivity (Wildman–Crippen MR) is 123 cm³/mol. The number of nitrogens with zero attached hydrogens (tertiary/aromatic N) is 1. The zero-order chi connectivity index (χ0) is 20.7. The Morgan fingerprint density at radius 3 is 1.21 bits per heavy atom.